The number of nitrogens with zero attached hydrogens (tertiary/aromatic N) is 1. The van der Waals surface area contributed by atoms with E-state index in [0.29, 0.717) is 6.61 Å². The van der Waals surface area contributed by atoms with Crippen LogP contribution >= 0.6 is 11.3 Å². The number of ether oxygens (including phenoxy) is 1. The minimum Gasteiger partial charge on any atom is -0.464 e. The van der Waals surface area contributed by atoms with Gasteiger partial charge in [0.2, 0.25) is 0 Å². The highest BCUT2D eigenvalue weighted by Crippen LogP contribution is 2.22. The predicted octanol–water partition coefficient (Wildman–Crippen LogP) is 3.44. The molecule has 0 saturated carbocycles. The fourth-order valence-corrected chi connectivity index (χ4v) is 2.64. The third-order valence-electron chi connectivity index (χ3n) is 2.82. The summed E-state index contributed by atoms with van der Waals surface area (Å²) in [5, 5.41) is 3.25. The van der Waals surface area contributed by atoms with Gasteiger partial charge in [0, 0.05) is 5.69 Å². The van der Waals surface area contributed by atoms with Crippen LogP contribution in [0.15, 0.2) is 23.7 Å². The number of benzene rings is 1. The number of fused-ring (bicyclic) bond motifs is 1. The number of carbonyl (C=O) groups is 1. The van der Waals surface area contributed by atoms with Gasteiger partial charge < -0.3 is 10.1 Å². The lowest BCUT2D eigenvalue weighted by Crippen LogP contribution is -2.31. The van der Waals surface area contributed by atoms with Crippen molar-refractivity contribution in [1.82, 2.24) is 4.98 Å². The zero-order valence-corrected chi connectivity index (χ0v) is 12.0. The van der Waals surface area contributed by atoms with Gasteiger partial charge in [0.1, 0.15) is 6.04 Å². The van der Waals surface area contributed by atoms with Crippen LogP contribution in [0.1, 0.15) is 26.7 Å². The normalized spacial score (nSPS) is 12.3. The van der Waals surface area contributed by atoms with Crippen LogP contribution in [-0.2, 0) is 9.53 Å². The number of aromatic nitrogens is 1. The molecule has 0 saturated heterocycles. The fourth-order valence-electron chi connectivity index (χ4n) is 1.93. The predicted molar refractivity (Wildman–Crippen MR) is 78.6 cm³/mol. The summed E-state index contributed by atoms with van der Waals surface area (Å²) in [5.74, 6) is -0.186. The van der Waals surface area contributed by atoms with Gasteiger partial charge in [-0.05, 0) is 31.5 Å². The molecule has 0 aliphatic carbocycles. The fraction of sp³-hybridized carbons (Fsp3) is 0.429. The molecule has 1 N–H and O–H groups in total. The maximum atomic E-state index is 11.9. The van der Waals surface area contributed by atoms with Crippen molar-refractivity contribution >= 4 is 33.2 Å². The molecule has 4 nitrogen and oxygen atoms in total. The molecule has 1 unspecified atom stereocenters. The zero-order valence-electron chi connectivity index (χ0n) is 11.2. The summed E-state index contributed by atoms with van der Waals surface area (Å²) in [4.78, 5) is 16.1. The van der Waals surface area contributed by atoms with Crippen molar-refractivity contribution in [3.05, 3.63) is 23.7 Å². The van der Waals surface area contributed by atoms with Gasteiger partial charge >= 0.3 is 5.97 Å². The molecule has 0 fully saturated rings. The summed E-state index contributed by atoms with van der Waals surface area (Å²) in [7, 11) is 0. The first-order valence-corrected chi connectivity index (χ1v) is 7.39. The van der Waals surface area contributed by atoms with Crippen LogP contribution in [0.25, 0.3) is 10.2 Å². The molecular formula is C14H18N2O2S. The molecule has 102 valence electrons. The van der Waals surface area contributed by atoms with Gasteiger partial charge in [0.25, 0.3) is 0 Å². The molecule has 1 heterocycles. The van der Waals surface area contributed by atoms with E-state index < -0.39 is 0 Å². The maximum Gasteiger partial charge on any atom is 0.328 e. The molecule has 0 radical (unpaired) electrons. The Kier molecular flexibility index (Phi) is 4.74. The summed E-state index contributed by atoms with van der Waals surface area (Å²) in [6, 6.07) is 5.65. The van der Waals surface area contributed by atoms with Crippen LogP contribution in [0, 0.1) is 0 Å². The van der Waals surface area contributed by atoms with Gasteiger partial charge in [-0.2, -0.15) is 0 Å². The Bertz CT molecular complexity index is 553. The van der Waals surface area contributed by atoms with Gasteiger partial charge in [0.15, 0.2) is 0 Å². The number of anilines is 1. The number of nitrogens with one attached hydrogen (secondary N) is 1. The average Bonchev–Trinajstić information content (AvgIpc) is 2.86. The van der Waals surface area contributed by atoms with Crippen molar-refractivity contribution in [2.45, 2.75) is 32.7 Å². The molecule has 1 aromatic carbocycles. The Hall–Kier alpha value is -1.62. The molecule has 0 amide bonds. The van der Waals surface area contributed by atoms with E-state index in [1.807, 2.05) is 30.6 Å². The van der Waals surface area contributed by atoms with Crippen molar-refractivity contribution < 1.29 is 9.53 Å². The summed E-state index contributed by atoms with van der Waals surface area (Å²) < 4.78 is 6.21. The molecule has 0 aliphatic heterocycles. The van der Waals surface area contributed by atoms with Gasteiger partial charge in [-0.25, -0.2) is 9.78 Å². The largest absolute Gasteiger partial charge is 0.464 e. The van der Waals surface area contributed by atoms with Crippen LogP contribution in [0.3, 0.4) is 0 Å². The van der Waals surface area contributed by atoms with E-state index in [2.05, 4.69) is 17.2 Å². The van der Waals surface area contributed by atoms with Gasteiger partial charge in [-0.1, -0.05) is 13.3 Å². The first-order valence-electron chi connectivity index (χ1n) is 6.51. The third kappa shape index (κ3) is 3.44. The van der Waals surface area contributed by atoms with Crippen LogP contribution in [0.4, 0.5) is 5.69 Å². The average molecular weight is 278 g/mol. The minimum atomic E-state index is -0.282. The van der Waals surface area contributed by atoms with Gasteiger partial charge in [-0.15, -0.1) is 11.3 Å². The van der Waals surface area contributed by atoms with Gasteiger partial charge in [0.05, 0.1) is 22.3 Å². The standard InChI is InChI=1S/C14H18N2O2S/c1-3-5-12(14(17)18-4-2)16-10-6-7-11-13(8-10)19-9-15-11/h6-9,12,16H,3-5H2,1-2H3. The van der Waals surface area contributed by atoms with E-state index in [-0.39, 0.29) is 12.0 Å². The number of hydrogen-bond donors (Lipinski definition) is 1. The molecule has 2 aromatic rings. The molecule has 0 bridgehead atoms. The Morgan fingerprint density at radius 1 is 1.47 bits per heavy atom. The molecule has 1 aromatic heterocycles. The van der Waals surface area contributed by atoms with E-state index >= 15 is 0 Å². The van der Waals surface area contributed by atoms with Crippen molar-refractivity contribution in [3.8, 4) is 0 Å². The smallest absolute Gasteiger partial charge is 0.328 e. The van der Waals surface area contributed by atoms with Crippen molar-refractivity contribution in [1.29, 1.82) is 0 Å². The Balaban J connectivity index is 2.12. The molecule has 19 heavy (non-hydrogen) atoms. The monoisotopic (exact) mass is 278 g/mol. The van der Waals surface area contributed by atoms with Crippen molar-refractivity contribution in [2.24, 2.45) is 0 Å². The SMILES string of the molecule is CCCC(Nc1ccc2ncsc2c1)C(=O)OCC. The molecule has 1 atom stereocenters. The quantitative estimate of drug-likeness (QED) is 0.822. The number of thiazole rings is 1. The minimum absolute atomic E-state index is 0.186. The van der Waals surface area contributed by atoms with Crippen LogP contribution in [-0.4, -0.2) is 23.6 Å². The van der Waals surface area contributed by atoms with E-state index in [0.717, 1.165) is 28.7 Å². The second-order valence-electron chi connectivity index (χ2n) is 4.27. The molecule has 5 heteroatoms. The van der Waals surface area contributed by atoms with E-state index in [9.17, 15) is 4.79 Å². The van der Waals surface area contributed by atoms with E-state index in [1.54, 1.807) is 11.3 Å². The molecule has 0 aliphatic rings. The second kappa shape index (κ2) is 6.52. The number of hydrogen-bond acceptors (Lipinski definition) is 5. The first-order chi connectivity index (χ1) is 9.24. The van der Waals surface area contributed by atoms with Crippen molar-refractivity contribution in [2.75, 3.05) is 11.9 Å². The summed E-state index contributed by atoms with van der Waals surface area (Å²) >= 11 is 1.59. The lowest BCUT2D eigenvalue weighted by molar-refractivity contribution is -0.144. The highest BCUT2D eigenvalue weighted by atomic mass is 32.1. The second-order valence-corrected chi connectivity index (χ2v) is 5.16. The van der Waals surface area contributed by atoms with Crippen molar-refractivity contribution in [3.63, 3.8) is 0 Å². The Morgan fingerprint density at radius 3 is 3.05 bits per heavy atom. The molecular weight excluding hydrogens is 260 g/mol. The van der Waals surface area contributed by atoms with Crippen LogP contribution in [0.5, 0.6) is 0 Å². The number of carbonyl (C=O) groups excluding carboxylic acids is 1. The Labute approximate surface area is 116 Å². The topological polar surface area (TPSA) is 51.2 Å². The Morgan fingerprint density at radius 2 is 2.32 bits per heavy atom. The van der Waals surface area contributed by atoms with Gasteiger partial charge in [-0.3, -0.25) is 0 Å². The third-order valence-corrected chi connectivity index (χ3v) is 3.61. The number of rotatable bonds is 6. The number of esters is 1. The van der Waals surface area contributed by atoms with Crippen LogP contribution in [0.2, 0.25) is 0 Å². The molecule has 2 rings (SSSR count). The molecule has 0 spiro atoms. The van der Waals surface area contributed by atoms with Crippen LogP contribution < -0.4 is 5.32 Å². The maximum absolute atomic E-state index is 11.9. The highest BCUT2D eigenvalue weighted by molar-refractivity contribution is 7.16. The van der Waals surface area contributed by atoms with E-state index in [4.69, 9.17) is 4.74 Å². The zero-order chi connectivity index (χ0) is 13.7. The lowest BCUT2D eigenvalue weighted by atomic mass is 10.1. The highest BCUT2D eigenvalue weighted by Gasteiger charge is 2.18. The lowest BCUT2D eigenvalue weighted by Gasteiger charge is -2.17. The van der Waals surface area contributed by atoms with E-state index in [1.165, 1.54) is 0 Å². The summed E-state index contributed by atoms with van der Waals surface area (Å²) in [5.41, 5.74) is 3.74. The summed E-state index contributed by atoms with van der Waals surface area (Å²) in [6.45, 7) is 4.29. The summed E-state index contributed by atoms with van der Waals surface area (Å²) in [6.07, 6.45) is 1.69. The first kappa shape index (κ1) is 13.8.